The SMILES string of the molecule is Cc1nc(N[C@H]2CC[C@@H](C)CC2)nc(OC2COC2)c1Br. The molecule has 0 unspecified atom stereocenters. The van der Waals surface area contributed by atoms with Crippen LogP contribution in [0.25, 0.3) is 0 Å². The van der Waals surface area contributed by atoms with Crippen LogP contribution in [0.3, 0.4) is 0 Å². The number of nitrogens with zero attached hydrogens (tertiary/aromatic N) is 2. The molecule has 0 atom stereocenters. The van der Waals surface area contributed by atoms with Gasteiger partial charge in [0.1, 0.15) is 10.6 Å². The van der Waals surface area contributed by atoms with Crippen molar-refractivity contribution in [3.8, 4) is 5.88 Å². The molecule has 1 aromatic heterocycles. The van der Waals surface area contributed by atoms with Crippen LogP contribution in [0.1, 0.15) is 38.3 Å². The second-order valence-corrected chi connectivity index (χ2v) is 6.92. The van der Waals surface area contributed by atoms with Gasteiger partial charge in [0.2, 0.25) is 11.8 Å². The number of rotatable bonds is 4. The van der Waals surface area contributed by atoms with Gasteiger partial charge in [-0.1, -0.05) is 6.92 Å². The molecule has 21 heavy (non-hydrogen) atoms. The van der Waals surface area contributed by atoms with E-state index in [9.17, 15) is 0 Å². The minimum atomic E-state index is 0.110. The van der Waals surface area contributed by atoms with Gasteiger partial charge in [0.15, 0.2) is 0 Å². The highest BCUT2D eigenvalue weighted by Crippen LogP contribution is 2.30. The molecule has 2 fully saturated rings. The van der Waals surface area contributed by atoms with Crippen molar-refractivity contribution >= 4 is 21.9 Å². The Bertz CT molecular complexity index is 500. The summed E-state index contributed by atoms with van der Waals surface area (Å²) in [5, 5.41) is 3.46. The third-order valence-electron chi connectivity index (χ3n) is 4.22. The number of hydrogen-bond acceptors (Lipinski definition) is 5. The van der Waals surface area contributed by atoms with Gasteiger partial charge in [0, 0.05) is 6.04 Å². The van der Waals surface area contributed by atoms with Crippen LogP contribution in [-0.2, 0) is 4.74 Å². The number of ether oxygens (including phenoxy) is 2. The van der Waals surface area contributed by atoms with Crippen molar-refractivity contribution in [2.45, 2.75) is 51.7 Å². The molecule has 116 valence electrons. The predicted octanol–water partition coefficient (Wildman–Crippen LogP) is 3.32. The van der Waals surface area contributed by atoms with E-state index in [1.807, 2.05) is 6.92 Å². The minimum Gasteiger partial charge on any atom is -0.468 e. The van der Waals surface area contributed by atoms with Crippen LogP contribution in [-0.4, -0.2) is 35.3 Å². The highest BCUT2D eigenvalue weighted by Gasteiger charge is 2.24. The Kier molecular flexibility index (Phi) is 4.64. The fourth-order valence-electron chi connectivity index (χ4n) is 2.70. The summed E-state index contributed by atoms with van der Waals surface area (Å²) in [4.78, 5) is 9.04. The van der Waals surface area contributed by atoms with Crippen LogP contribution in [0.2, 0.25) is 0 Å². The van der Waals surface area contributed by atoms with Crippen LogP contribution < -0.4 is 10.1 Å². The fourth-order valence-corrected chi connectivity index (χ4v) is 2.97. The van der Waals surface area contributed by atoms with E-state index < -0.39 is 0 Å². The monoisotopic (exact) mass is 355 g/mol. The molecule has 0 spiro atoms. The van der Waals surface area contributed by atoms with Gasteiger partial charge in [-0.25, -0.2) is 4.98 Å². The lowest BCUT2D eigenvalue weighted by Gasteiger charge is -2.28. The third kappa shape index (κ3) is 3.66. The highest BCUT2D eigenvalue weighted by atomic mass is 79.9. The summed E-state index contributed by atoms with van der Waals surface area (Å²) < 4.78 is 11.8. The van der Waals surface area contributed by atoms with E-state index >= 15 is 0 Å². The number of anilines is 1. The molecule has 2 aliphatic rings. The Hall–Kier alpha value is -0.880. The Balaban J connectivity index is 1.69. The van der Waals surface area contributed by atoms with Crippen molar-refractivity contribution in [1.82, 2.24) is 9.97 Å². The van der Waals surface area contributed by atoms with Crippen LogP contribution in [0, 0.1) is 12.8 Å². The molecule has 1 saturated carbocycles. The maximum atomic E-state index is 5.85. The summed E-state index contributed by atoms with van der Waals surface area (Å²) in [6, 6.07) is 0.474. The number of aromatic nitrogens is 2. The van der Waals surface area contributed by atoms with Gasteiger partial charge in [-0.05, 0) is 54.5 Å². The summed E-state index contributed by atoms with van der Waals surface area (Å²) in [7, 11) is 0. The van der Waals surface area contributed by atoms with Crippen molar-refractivity contribution in [1.29, 1.82) is 0 Å². The number of aryl methyl sites for hydroxylation is 1. The molecule has 1 saturated heterocycles. The van der Waals surface area contributed by atoms with Gasteiger partial charge in [0.05, 0.1) is 18.9 Å². The van der Waals surface area contributed by atoms with Crippen LogP contribution in [0.5, 0.6) is 5.88 Å². The zero-order valence-corrected chi connectivity index (χ0v) is 14.1. The fraction of sp³-hybridized carbons (Fsp3) is 0.733. The lowest BCUT2D eigenvalue weighted by Crippen LogP contribution is -2.39. The highest BCUT2D eigenvalue weighted by molar-refractivity contribution is 9.10. The second kappa shape index (κ2) is 6.48. The van der Waals surface area contributed by atoms with Crippen LogP contribution in [0.4, 0.5) is 5.95 Å². The van der Waals surface area contributed by atoms with E-state index in [-0.39, 0.29) is 6.10 Å². The van der Waals surface area contributed by atoms with Crippen LogP contribution >= 0.6 is 15.9 Å². The van der Waals surface area contributed by atoms with Crippen LogP contribution in [0.15, 0.2) is 4.47 Å². The molecular formula is C15H22BrN3O2. The standard InChI is InChI=1S/C15H22BrN3O2/c1-9-3-5-11(6-4-9)18-15-17-10(2)13(16)14(19-15)21-12-7-20-8-12/h9,11-12H,3-8H2,1-2H3,(H,17,18,19)/t9-,11+. The Morgan fingerprint density at radius 2 is 1.90 bits per heavy atom. The van der Waals surface area contributed by atoms with Crippen molar-refractivity contribution in [3.05, 3.63) is 10.2 Å². The minimum absolute atomic E-state index is 0.110. The first-order chi connectivity index (χ1) is 10.1. The molecule has 6 heteroatoms. The Labute approximate surface area is 134 Å². The van der Waals surface area contributed by atoms with E-state index in [0.29, 0.717) is 31.1 Å². The maximum absolute atomic E-state index is 5.85. The first kappa shape index (κ1) is 15.0. The maximum Gasteiger partial charge on any atom is 0.233 e. The lowest BCUT2D eigenvalue weighted by molar-refractivity contribution is -0.0816. The molecular weight excluding hydrogens is 334 g/mol. The summed E-state index contributed by atoms with van der Waals surface area (Å²) >= 11 is 3.51. The van der Waals surface area contributed by atoms with Gasteiger partial charge in [-0.15, -0.1) is 0 Å². The van der Waals surface area contributed by atoms with Crippen molar-refractivity contribution in [3.63, 3.8) is 0 Å². The predicted molar refractivity (Wildman–Crippen MR) is 84.7 cm³/mol. The van der Waals surface area contributed by atoms with Gasteiger partial charge >= 0.3 is 0 Å². The van der Waals surface area contributed by atoms with E-state index in [2.05, 4.69) is 38.1 Å². The van der Waals surface area contributed by atoms with Gasteiger partial charge in [-0.2, -0.15) is 4.98 Å². The van der Waals surface area contributed by atoms with E-state index in [1.54, 1.807) is 0 Å². The first-order valence-corrected chi connectivity index (χ1v) is 8.46. The molecule has 3 rings (SSSR count). The Morgan fingerprint density at radius 1 is 1.19 bits per heavy atom. The molecule has 5 nitrogen and oxygen atoms in total. The van der Waals surface area contributed by atoms with Gasteiger partial charge in [0.25, 0.3) is 0 Å². The zero-order valence-electron chi connectivity index (χ0n) is 12.6. The Morgan fingerprint density at radius 3 is 2.52 bits per heavy atom. The summed E-state index contributed by atoms with van der Waals surface area (Å²) in [6.45, 7) is 5.56. The average Bonchev–Trinajstić information content (AvgIpc) is 2.41. The quantitative estimate of drug-likeness (QED) is 0.897. The molecule has 1 aromatic rings. The summed E-state index contributed by atoms with van der Waals surface area (Å²) in [5.41, 5.74) is 0.895. The largest absolute Gasteiger partial charge is 0.468 e. The number of hydrogen-bond donors (Lipinski definition) is 1. The van der Waals surface area contributed by atoms with E-state index in [1.165, 1.54) is 25.7 Å². The molecule has 2 heterocycles. The molecule has 0 aromatic carbocycles. The van der Waals surface area contributed by atoms with E-state index in [0.717, 1.165) is 16.1 Å². The van der Waals surface area contributed by atoms with Crippen molar-refractivity contribution in [2.24, 2.45) is 5.92 Å². The molecule has 0 radical (unpaired) electrons. The topological polar surface area (TPSA) is 56.3 Å². The van der Waals surface area contributed by atoms with Gasteiger partial charge < -0.3 is 14.8 Å². The first-order valence-electron chi connectivity index (χ1n) is 7.67. The van der Waals surface area contributed by atoms with Gasteiger partial charge in [-0.3, -0.25) is 0 Å². The average molecular weight is 356 g/mol. The normalized spacial score (nSPS) is 26.2. The number of nitrogens with one attached hydrogen (secondary N) is 1. The number of halogens is 1. The molecule has 0 amide bonds. The molecule has 1 aliphatic heterocycles. The lowest BCUT2D eigenvalue weighted by atomic mass is 9.87. The molecule has 1 aliphatic carbocycles. The molecule has 1 N–H and O–H groups in total. The molecule has 0 bridgehead atoms. The summed E-state index contributed by atoms with van der Waals surface area (Å²) in [5.74, 6) is 2.13. The summed E-state index contributed by atoms with van der Waals surface area (Å²) in [6.07, 6.45) is 5.03. The van der Waals surface area contributed by atoms with E-state index in [4.69, 9.17) is 9.47 Å². The second-order valence-electron chi connectivity index (χ2n) is 6.13. The van der Waals surface area contributed by atoms with Crippen molar-refractivity contribution in [2.75, 3.05) is 18.5 Å². The third-order valence-corrected chi connectivity index (χ3v) is 5.13. The smallest absolute Gasteiger partial charge is 0.233 e. The zero-order chi connectivity index (χ0) is 14.8. The van der Waals surface area contributed by atoms with Crippen molar-refractivity contribution < 1.29 is 9.47 Å².